The van der Waals surface area contributed by atoms with E-state index in [1.807, 2.05) is 0 Å². The summed E-state index contributed by atoms with van der Waals surface area (Å²) >= 11 is 12.1. The summed E-state index contributed by atoms with van der Waals surface area (Å²) in [5.74, 6) is -0.553. The molecule has 0 unspecified atom stereocenters. The van der Waals surface area contributed by atoms with Crippen molar-refractivity contribution in [2.75, 3.05) is 26.7 Å². The smallest absolute Gasteiger partial charge is 0.327 e. The fourth-order valence-corrected chi connectivity index (χ4v) is 2.87. The first-order valence-corrected chi connectivity index (χ1v) is 7.83. The first kappa shape index (κ1) is 17.1. The van der Waals surface area contributed by atoms with Crippen molar-refractivity contribution in [3.05, 3.63) is 33.8 Å². The maximum atomic E-state index is 12.1. The van der Waals surface area contributed by atoms with Crippen LogP contribution in [0.3, 0.4) is 0 Å². The Morgan fingerprint density at radius 3 is 2.64 bits per heavy atom. The number of nitrogens with one attached hydrogen (secondary N) is 1. The van der Waals surface area contributed by atoms with Crippen LogP contribution in [-0.2, 0) is 14.3 Å². The van der Waals surface area contributed by atoms with Crippen molar-refractivity contribution in [2.45, 2.75) is 18.9 Å². The third-order valence-corrected chi connectivity index (χ3v) is 4.48. The van der Waals surface area contributed by atoms with E-state index in [1.165, 1.54) is 7.11 Å². The van der Waals surface area contributed by atoms with Crippen molar-refractivity contribution < 1.29 is 14.3 Å². The van der Waals surface area contributed by atoms with Gasteiger partial charge in [0.2, 0.25) is 5.91 Å². The molecule has 1 heterocycles. The number of carbonyl (C=O) groups excluding carboxylic acids is 2. The van der Waals surface area contributed by atoms with E-state index in [9.17, 15) is 9.59 Å². The number of methoxy groups -OCH3 is 1. The molecule has 120 valence electrons. The summed E-state index contributed by atoms with van der Waals surface area (Å²) in [6.07, 6.45) is 2.04. The minimum absolute atomic E-state index is 0.0375. The van der Waals surface area contributed by atoms with Crippen molar-refractivity contribution in [1.82, 2.24) is 10.2 Å². The third-order valence-electron chi connectivity index (χ3n) is 3.65. The topological polar surface area (TPSA) is 58.6 Å². The van der Waals surface area contributed by atoms with Gasteiger partial charge in [0.25, 0.3) is 0 Å². The molecule has 1 saturated heterocycles. The maximum absolute atomic E-state index is 12.1. The molecule has 0 bridgehead atoms. The van der Waals surface area contributed by atoms with Crippen LogP contribution in [0.5, 0.6) is 0 Å². The Kier molecular flexibility index (Phi) is 6.06. The Bertz CT molecular complexity index is 560. The summed E-state index contributed by atoms with van der Waals surface area (Å²) in [4.78, 5) is 25.9. The summed E-state index contributed by atoms with van der Waals surface area (Å²) in [6.45, 7) is 1.57. The molecule has 7 heteroatoms. The van der Waals surface area contributed by atoms with Crippen LogP contribution in [0.2, 0.25) is 10.0 Å². The SMILES string of the molecule is COC(=O)[C@@H](NCC(=O)N1CCCC1)c1cccc(Cl)c1Cl. The molecule has 0 aromatic heterocycles. The summed E-state index contributed by atoms with van der Waals surface area (Å²) in [6, 6.07) is 4.19. The molecule has 1 amide bonds. The van der Waals surface area contributed by atoms with Gasteiger partial charge in [-0.1, -0.05) is 35.3 Å². The molecular formula is C15H18Cl2N2O3. The second-order valence-corrected chi connectivity index (χ2v) is 5.85. The summed E-state index contributed by atoms with van der Waals surface area (Å²) in [7, 11) is 1.29. The van der Waals surface area contributed by atoms with E-state index in [2.05, 4.69) is 5.32 Å². The zero-order valence-corrected chi connectivity index (χ0v) is 13.8. The standard InChI is InChI=1S/C15H18Cl2N2O3/c1-22-15(21)14(10-5-4-6-11(16)13(10)17)18-9-12(20)19-7-2-3-8-19/h4-6,14,18H,2-3,7-9H2,1H3/t14-/m0/s1. The monoisotopic (exact) mass is 344 g/mol. The molecule has 22 heavy (non-hydrogen) atoms. The van der Waals surface area contributed by atoms with Crippen molar-refractivity contribution in [3.63, 3.8) is 0 Å². The van der Waals surface area contributed by atoms with Gasteiger partial charge in [0.1, 0.15) is 6.04 Å². The molecular weight excluding hydrogens is 327 g/mol. The van der Waals surface area contributed by atoms with Gasteiger partial charge >= 0.3 is 5.97 Å². The van der Waals surface area contributed by atoms with Gasteiger partial charge in [-0.15, -0.1) is 0 Å². The Morgan fingerprint density at radius 1 is 1.32 bits per heavy atom. The predicted molar refractivity (Wildman–Crippen MR) is 85.0 cm³/mol. The highest BCUT2D eigenvalue weighted by molar-refractivity contribution is 6.42. The van der Waals surface area contributed by atoms with E-state index in [-0.39, 0.29) is 17.5 Å². The lowest BCUT2D eigenvalue weighted by Crippen LogP contribution is -2.40. The molecule has 1 N–H and O–H groups in total. The lowest BCUT2D eigenvalue weighted by molar-refractivity contribution is -0.143. The van der Waals surface area contributed by atoms with Crippen LogP contribution in [0.4, 0.5) is 0 Å². The van der Waals surface area contributed by atoms with Crippen molar-refractivity contribution in [2.24, 2.45) is 0 Å². The number of rotatable bonds is 5. The predicted octanol–water partition coefficient (Wildman–Crippen LogP) is 2.42. The normalized spacial score (nSPS) is 15.7. The first-order chi connectivity index (χ1) is 10.5. The molecule has 1 atom stereocenters. The molecule has 5 nitrogen and oxygen atoms in total. The molecule has 1 aliphatic rings. The van der Waals surface area contributed by atoms with Gasteiger partial charge < -0.3 is 9.64 Å². The number of benzene rings is 1. The summed E-state index contributed by atoms with van der Waals surface area (Å²) < 4.78 is 4.79. The van der Waals surface area contributed by atoms with E-state index < -0.39 is 12.0 Å². The van der Waals surface area contributed by atoms with E-state index in [1.54, 1.807) is 23.1 Å². The van der Waals surface area contributed by atoms with Gasteiger partial charge in [-0.25, -0.2) is 4.79 Å². The van der Waals surface area contributed by atoms with E-state index in [0.717, 1.165) is 25.9 Å². The fourth-order valence-electron chi connectivity index (χ4n) is 2.45. The first-order valence-electron chi connectivity index (χ1n) is 7.07. The highest BCUT2D eigenvalue weighted by Crippen LogP contribution is 2.30. The number of esters is 1. The number of hydrogen-bond donors (Lipinski definition) is 1. The van der Waals surface area contributed by atoms with Gasteiger partial charge in [-0.3, -0.25) is 10.1 Å². The van der Waals surface area contributed by atoms with Gasteiger partial charge in [-0.05, 0) is 18.9 Å². The average molecular weight is 345 g/mol. The van der Waals surface area contributed by atoms with Crippen LogP contribution in [0.1, 0.15) is 24.4 Å². The lowest BCUT2D eigenvalue weighted by Gasteiger charge is -2.21. The number of hydrogen-bond acceptors (Lipinski definition) is 4. The molecule has 0 saturated carbocycles. The number of likely N-dealkylation sites (tertiary alicyclic amines) is 1. The number of ether oxygens (including phenoxy) is 1. The van der Waals surface area contributed by atoms with Gasteiger partial charge in [0.05, 0.1) is 23.7 Å². The molecule has 1 fully saturated rings. The van der Waals surface area contributed by atoms with Crippen LogP contribution < -0.4 is 5.32 Å². The van der Waals surface area contributed by atoms with Crippen LogP contribution in [0, 0.1) is 0 Å². The minimum atomic E-state index is -0.831. The third kappa shape index (κ3) is 3.91. The van der Waals surface area contributed by atoms with Crippen LogP contribution in [-0.4, -0.2) is 43.5 Å². The molecule has 1 aromatic rings. The highest BCUT2D eigenvalue weighted by atomic mass is 35.5. The zero-order valence-electron chi connectivity index (χ0n) is 12.3. The molecule has 1 aromatic carbocycles. The molecule has 1 aliphatic heterocycles. The quantitative estimate of drug-likeness (QED) is 0.833. The Balaban J connectivity index is 2.11. The Labute approximate surface area is 139 Å². The molecule has 2 rings (SSSR count). The maximum Gasteiger partial charge on any atom is 0.327 e. The van der Waals surface area contributed by atoms with Crippen LogP contribution in [0.15, 0.2) is 18.2 Å². The Morgan fingerprint density at radius 2 is 2.00 bits per heavy atom. The average Bonchev–Trinajstić information content (AvgIpc) is 3.05. The molecule has 0 aliphatic carbocycles. The highest BCUT2D eigenvalue weighted by Gasteiger charge is 2.26. The zero-order chi connectivity index (χ0) is 16.1. The molecule has 0 spiro atoms. The fraction of sp³-hybridized carbons (Fsp3) is 0.467. The summed E-state index contributed by atoms with van der Waals surface area (Å²) in [5.41, 5.74) is 0.496. The largest absolute Gasteiger partial charge is 0.468 e. The number of amides is 1. The second kappa shape index (κ2) is 7.81. The summed E-state index contributed by atoms with van der Waals surface area (Å²) in [5, 5.41) is 3.55. The lowest BCUT2D eigenvalue weighted by atomic mass is 10.1. The number of nitrogens with zero attached hydrogens (tertiary/aromatic N) is 1. The second-order valence-electron chi connectivity index (χ2n) is 5.07. The van der Waals surface area contributed by atoms with E-state index in [0.29, 0.717) is 10.6 Å². The van der Waals surface area contributed by atoms with Crippen LogP contribution >= 0.6 is 23.2 Å². The number of halogens is 2. The van der Waals surface area contributed by atoms with E-state index in [4.69, 9.17) is 27.9 Å². The molecule has 0 radical (unpaired) electrons. The number of carbonyl (C=O) groups is 2. The van der Waals surface area contributed by atoms with Crippen molar-refractivity contribution >= 4 is 35.1 Å². The van der Waals surface area contributed by atoms with Gasteiger partial charge in [0.15, 0.2) is 0 Å². The Hall–Kier alpha value is -1.30. The van der Waals surface area contributed by atoms with Crippen molar-refractivity contribution in [3.8, 4) is 0 Å². The minimum Gasteiger partial charge on any atom is -0.468 e. The van der Waals surface area contributed by atoms with Crippen molar-refractivity contribution in [1.29, 1.82) is 0 Å². The van der Waals surface area contributed by atoms with Gasteiger partial charge in [0, 0.05) is 18.7 Å². The van der Waals surface area contributed by atoms with Gasteiger partial charge in [-0.2, -0.15) is 0 Å². The van der Waals surface area contributed by atoms with E-state index >= 15 is 0 Å². The van der Waals surface area contributed by atoms with Crippen LogP contribution in [0.25, 0.3) is 0 Å².